The van der Waals surface area contributed by atoms with Crippen molar-refractivity contribution in [2.45, 2.75) is 13.5 Å². The number of anilines is 1. The Balaban J connectivity index is 1.62. The Morgan fingerprint density at radius 1 is 1.06 bits per heavy atom. The van der Waals surface area contributed by atoms with Gasteiger partial charge in [0, 0.05) is 15.8 Å². The molecule has 34 heavy (non-hydrogen) atoms. The first-order valence-corrected chi connectivity index (χ1v) is 12.5. The minimum Gasteiger partial charge on any atom is -0.497 e. The number of amides is 1. The average Bonchev–Trinajstić information content (AvgIpc) is 3.50. The van der Waals surface area contributed by atoms with Crippen LogP contribution >= 0.6 is 22.7 Å². The van der Waals surface area contributed by atoms with E-state index in [0.717, 1.165) is 43.2 Å². The van der Waals surface area contributed by atoms with Crippen LogP contribution in [-0.2, 0) is 6.54 Å². The molecular weight excluding hydrogens is 462 g/mol. The normalized spacial score (nSPS) is 11.0. The lowest BCUT2D eigenvalue weighted by Gasteiger charge is -2.10. The van der Waals surface area contributed by atoms with Gasteiger partial charge in [0.25, 0.3) is 5.91 Å². The molecule has 3 heterocycles. The van der Waals surface area contributed by atoms with Crippen LogP contribution in [0.3, 0.4) is 0 Å². The molecule has 0 radical (unpaired) electrons. The standard InChI is InChI=1S/C27H23N3O2S2/c1-16-5-7-17(8-6-16)21-14-22(18-9-11-19(32-2)12-10-18)30-27-23(21)24(28)25(34-27)26(31)29-15-20-4-3-13-33-20/h3-14H,15,28H2,1-2H3,(H,29,31). The molecule has 0 saturated heterocycles. The first kappa shape index (κ1) is 22.1. The molecule has 0 fully saturated rings. The van der Waals surface area contributed by atoms with Crippen LogP contribution in [-0.4, -0.2) is 18.0 Å². The lowest BCUT2D eigenvalue weighted by molar-refractivity contribution is 0.0956. The molecule has 5 nitrogen and oxygen atoms in total. The van der Waals surface area contributed by atoms with E-state index >= 15 is 0 Å². The molecule has 0 unspecified atom stereocenters. The van der Waals surface area contributed by atoms with E-state index in [1.165, 1.54) is 16.9 Å². The van der Waals surface area contributed by atoms with Crippen LogP contribution in [0.5, 0.6) is 5.75 Å². The van der Waals surface area contributed by atoms with Crippen molar-refractivity contribution in [1.82, 2.24) is 10.3 Å². The number of aromatic nitrogens is 1. The lowest BCUT2D eigenvalue weighted by atomic mass is 9.98. The molecule has 0 aliphatic heterocycles. The highest BCUT2D eigenvalue weighted by molar-refractivity contribution is 7.21. The Bertz CT molecular complexity index is 1460. The number of thiophene rings is 2. The summed E-state index contributed by atoms with van der Waals surface area (Å²) in [6.45, 7) is 2.53. The minimum absolute atomic E-state index is 0.185. The number of carbonyl (C=O) groups excluding carboxylic acids is 1. The van der Waals surface area contributed by atoms with E-state index in [1.54, 1.807) is 18.4 Å². The SMILES string of the molecule is COc1ccc(-c2cc(-c3ccc(C)cc3)c3c(N)c(C(=O)NCc4cccs4)sc3n2)cc1. The third-order valence-corrected chi connectivity index (χ3v) is 7.63. The number of aryl methyl sites for hydroxylation is 1. The van der Waals surface area contributed by atoms with E-state index in [2.05, 4.69) is 36.5 Å². The summed E-state index contributed by atoms with van der Waals surface area (Å²) in [5.74, 6) is 0.600. The molecule has 0 aliphatic rings. The number of fused-ring (bicyclic) bond motifs is 1. The molecule has 3 N–H and O–H groups in total. The Morgan fingerprint density at radius 2 is 1.79 bits per heavy atom. The van der Waals surface area contributed by atoms with Crippen LogP contribution in [0.4, 0.5) is 5.69 Å². The predicted octanol–water partition coefficient (Wildman–Crippen LogP) is 6.52. The van der Waals surface area contributed by atoms with Gasteiger partial charge in [-0.2, -0.15) is 0 Å². The van der Waals surface area contributed by atoms with Crippen molar-refractivity contribution in [2.24, 2.45) is 0 Å². The van der Waals surface area contributed by atoms with E-state index in [1.807, 2.05) is 47.8 Å². The largest absolute Gasteiger partial charge is 0.497 e. The quantitative estimate of drug-likeness (QED) is 0.287. The Morgan fingerprint density at radius 3 is 2.47 bits per heavy atom. The van der Waals surface area contributed by atoms with Gasteiger partial charge in [-0.15, -0.1) is 22.7 Å². The molecule has 0 spiro atoms. The van der Waals surface area contributed by atoms with Crippen LogP contribution in [0.15, 0.2) is 72.1 Å². The van der Waals surface area contributed by atoms with Crippen LogP contribution < -0.4 is 15.8 Å². The number of nitrogen functional groups attached to an aromatic ring is 1. The summed E-state index contributed by atoms with van der Waals surface area (Å²) in [5.41, 5.74) is 12.0. The molecule has 1 amide bonds. The number of nitrogens with one attached hydrogen (secondary N) is 1. The summed E-state index contributed by atoms with van der Waals surface area (Å²) in [6.07, 6.45) is 0. The molecule has 2 aromatic carbocycles. The van der Waals surface area contributed by atoms with Crippen molar-refractivity contribution in [3.8, 4) is 28.1 Å². The van der Waals surface area contributed by atoms with Gasteiger partial charge in [-0.1, -0.05) is 35.9 Å². The number of carbonyl (C=O) groups is 1. The average molecular weight is 486 g/mol. The highest BCUT2D eigenvalue weighted by Gasteiger charge is 2.21. The number of ether oxygens (including phenoxy) is 1. The molecule has 0 bridgehead atoms. The van der Waals surface area contributed by atoms with E-state index in [9.17, 15) is 4.79 Å². The van der Waals surface area contributed by atoms with Crippen molar-refractivity contribution >= 4 is 44.5 Å². The number of hydrogen-bond acceptors (Lipinski definition) is 6. The number of pyridine rings is 1. The fourth-order valence-electron chi connectivity index (χ4n) is 3.82. The van der Waals surface area contributed by atoms with E-state index in [-0.39, 0.29) is 5.91 Å². The Hall–Kier alpha value is -3.68. The first-order chi connectivity index (χ1) is 16.5. The molecular formula is C27H23N3O2S2. The predicted molar refractivity (Wildman–Crippen MR) is 142 cm³/mol. The summed E-state index contributed by atoms with van der Waals surface area (Å²) in [5, 5.41) is 5.80. The zero-order chi connectivity index (χ0) is 23.7. The Kier molecular flexibility index (Phi) is 6.04. The van der Waals surface area contributed by atoms with Gasteiger partial charge in [0.1, 0.15) is 15.5 Å². The number of benzene rings is 2. The highest BCUT2D eigenvalue weighted by Crippen LogP contribution is 2.41. The fraction of sp³-hybridized carbons (Fsp3) is 0.111. The van der Waals surface area contributed by atoms with Gasteiger partial charge in [0.15, 0.2) is 0 Å². The highest BCUT2D eigenvalue weighted by atomic mass is 32.1. The van der Waals surface area contributed by atoms with Gasteiger partial charge >= 0.3 is 0 Å². The fourth-order valence-corrected chi connectivity index (χ4v) is 5.50. The van der Waals surface area contributed by atoms with Crippen molar-refractivity contribution in [1.29, 1.82) is 0 Å². The van der Waals surface area contributed by atoms with Crippen molar-refractivity contribution in [3.63, 3.8) is 0 Å². The van der Waals surface area contributed by atoms with Crippen LogP contribution in [0.2, 0.25) is 0 Å². The van der Waals surface area contributed by atoms with E-state index in [4.69, 9.17) is 15.5 Å². The van der Waals surface area contributed by atoms with Gasteiger partial charge in [0.05, 0.1) is 25.0 Å². The van der Waals surface area contributed by atoms with Crippen molar-refractivity contribution in [2.75, 3.05) is 12.8 Å². The molecule has 0 saturated carbocycles. The van der Waals surface area contributed by atoms with Gasteiger partial charge in [-0.25, -0.2) is 4.98 Å². The van der Waals surface area contributed by atoms with Gasteiger partial charge in [0.2, 0.25) is 0 Å². The molecule has 7 heteroatoms. The second-order valence-electron chi connectivity index (χ2n) is 7.94. The lowest BCUT2D eigenvalue weighted by Crippen LogP contribution is -2.22. The third kappa shape index (κ3) is 4.27. The second kappa shape index (κ2) is 9.29. The van der Waals surface area contributed by atoms with Gasteiger partial charge in [-0.05, 0) is 59.8 Å². The molecule has 0 aliphatic carbocycles. The zero-order valence-electron chi connectivity index (χ0n) is 18.8. The monoisotopic (exact) mass is 485 g/mol. The number of nitrogens with two attached hydrogens (primary N) is 1. The van der Waals surface area contributed by atoms with Gasteiger partial charge in [-0.3, -0.25) is 4.79 Å². The molecule has 170 valence electrons. The molecule has 5 aromatic rings. The maximum Gasteiger partial charge on any atom is 0.263 e. The topological polar surface area (TPSA) is 77.2 Å². The number of nitrogens with zero attached hydrogens (tertiary/aromatic N) is 1. The summed E-state index contributed by atoms with van der Waals surface area (Å²) >= 11 is 2.94. The summed E-state index contributed by atoms with van der Waals surface area (Å²) in [4.78, 5) is 20.2. The third-order valence-electron chi connectivity index (χ3n) is 5.66. The maximum absolute atomic E-state index is 13.0. The summed E-state index contributed by atoms with van der Waals surface area (Å²) in [7, 11) is 1.65. The van der Waals surface area contributed by atoms with Crippen LogP contribution in [0.25, 0.3) is 32.6 Å². The van der Waals surface area contributed by atoms with Gasteiger partial charge < -0.3 is 15.8 Å². The Labute approximate surface area is 205 Å². The summed E-state index contributed by atoms with van der Waals surface area (Å²) < 4.78 is 5.30. The van der Waals surface area contributed by atoms with Crippen molar-refractivity contribution in [3.05, 3.63) is 87.4 Å². The number of methoxy groups -OCH3 is 1. The zero-order valence-corrected chi connectivity index (χ0v) is 20.4. The van der Waals surface area contributed by atoms with Crippen LogP contribution in [0.1, 0.15) is 20.1 Å². The molecule has 0 atom stereocenters. The van der Waals surface area contributed by atoms with E-state index < -0.39 is 0 Å². The summed E-state index contributed by atoms with van der Waals surface area (Å²) in [6, 6.07) is 22.1. The van der Waals surface area contributed by atoms with Crippen molar-refractivity contribution < 1.29 is 9.53 Å². The maximum atomic E-state index is 13.0. The minimum atomic E-state index is -0.185. The van der Waals surface area contributed by atoms with Crippen LogP contribution in [0, 0.1) is 6.92 Å². The smallest absolute Gasteiger partial charge is 0.263 e. The second-order valence-corrected chi connectivity index (χ2v) is 9.97. The number of rotatable bonds is 6. The molecule has 5 rings (SSSR count). The van der Waals surface area contributed by atoms with E-state index in [0.29, 0.717) is 17.1 Å². The molecule has 3 aromatic heterocycles. The number of hydrogen-bond donors (Lipinski definition) is 2. The first-order valence-electron chi connectivity index (χ1n) is 10.8.